The van der Waals surface area contributed by atoms with Gasteiger partial charge in [0.05, 0.1) is 0 Å². The molecule has 0 saturated carbocycles. The number of hydrogen-bond acceptors (Lipinski definition) is 2. The highest BCUT2D eigenvalue weighted by Crippen LogP contribution is 2.14. The lowest BCUT2D eigenvalue weighted by Crippen LogP contribution is -1.88. The highest BCUT2D eigenvalue weighted by atomic mass is 32.2. The summed E-state index contributed by atoms with van der Waals surface area (Å²) in [5.74, 6) is 0. The Morgan fingerprint density at radius 3 is 2.56 bits per heavy atom. The van der Waals surface area contributed by atoms with E-state index >= 15 is 0 Å². The lowest BCUT2D eigenvalue weighted by atomic mass is 10.4. The van der Waals surface area contributed by atoms with Gasteiger partial charge in [-0.3, -0.25) is 0 Å². The molecule has 0 aromatic carbocycles. The summed E-state index contributed by atoms with van der Waals surface area (Å²) < 4.78 is 0. The molecule has 0 radical (unpaired) electrons. The molecule has 2 heteroatoms. The molecule has 2 N–H and O–H groups in total. The van der Waals surface area contributed by atoms with Crippen molar-refractivity contribution in [2.75, 3.05) is 0 Å². The summed E-state index contributed by atoms with van der Waals surface area (Å²) in [6, 6.07) is 0. The Bertz CT molecular complexity index is 147. The van der Waals surface area contributed by atoms with E-state index in [1.165, 1.54) is 0 Å². The SMILES string of the molecule is C=CS/C(C)=C\C(=C)N. The predicted octanol–water partition coefficient (Wildman–Crippen LogP) is 2.24. The topological polar surface area (TPSA) is 26.0 Å². The first-order chi connectivity index (χ1) is 4.16. The molecule has 0 heterocycles. The fraction of sp³-hybridized carbons (Fsp3) is 0.143. The predicted molar refractivity (Wildman–Crippen MR) is 44.9 cm³/mol. The van der Waals surface area contributed by atoms with Crippen molar-refractivity contribution in [2.24, 2.45) is 5.73 Å². The van der Waals surface area contributed by atoms with E-state index in [2.05, 4.69) is 13.2 Å². The average molecular weight is 141 g/mol. The van der Waals surface area contributed by atoms with Crippen LogP contribution in [0.25, 0.3) is 0 Å². The van der Waals surface area contributed by atoms with E-state index in [-0.39, 0.29) is 0 Å². The molecule has 0 aliphatic heterocycles. The van der Waals surface area contributed by atoms with E-state index in [0.717, 1.165) is 4.91 Å². The highest BCUT2D eigenvalue weighted by molar-refractivity contribution is 8.05. The van der Waals surface area contributed by atoms with Crippen LogP contribution in [-0.4, -0.2) is 0 Å². The third-order valence-corrected chi connectivity index (χ3v) is 1.31. The molecule has 0 aliphatic carbocycles. The maximum absolute atomic E-state index is 5.31. The van der Waals surface area contributed by atoms with Crippen molar-refractivity contribution in [1.82, 2.24) is 0 Å². The average Bonchev–Trinajstić information content (AvgIpc) is 1.63. The second kappa shape index (κ2) is 4.27. The summed E-state index contributed by atoms with van der Waals surface area (Å²) in [6.07, 6.45) is 1.81. The van der Waals surface area contributed by atoms with Crippen LogP contribution in [0.15, 0.2) is 35.2 Å². The molecule has 0 amide bonds. The third-order valence-electron chi connectivity index (χ3n) is 0.658. The molecule has 0 aromatic heterocycles. The molecule has 0 bridgehead atoms. The highest BCUT2D eigenvalue weighted by Gasteiger charge is 1.83. The molecule has 0 rings (SSSR count). The van der Waals surface area contributed by atoms with Gasteiger partial charge in [0.15, 0.2) is 0 Å². The number of nitrogens with two attached hydrogens (primary N) is 1. The number of hydrogen-bond donors (Lipinski definition) is 1. The minimum atomic E-state index is 0.585. The third kappa shape index (κ3) is 5.24. The molecule has 1 nitrogen and oxygen atoms in total. The van der Waals surface area contributed by atoms with Crippen LogP contribution >= 0.6 is 11.8 Å². The van der Waals surface area contributed by atoms with Crippen molar-refractivity contribution >= 4 is 11.8 Å². The van der Waals surface area contributed by atoms with Crippen LogP contribution in [0.4, 0.5) is 0 Å². The second-order valence-corrected chi connectivity index (χ2v) is 2.83. The Morgan fingerprint density at radius 1 is 1.67 bits per heavy atom. The van der Waals surface area contributed by atoms with Crippen molar-refractivity contribution in [3.63, 3.8) is 0 Å². The molecular formula is C7H11NS. The first-order valence-corrected chi connectivity index (χ1v) is 3.45. The monoisotopic (exact) mass is 141 g/mol. The number of rotatable bonds is 3. The Kier molecular flexibility index (Phi) is 3.97. The van der Waals surface area contributed by atoms with Gasteiger partial charge in [0.1, 0.15) is 0 Å². The molecule has 0 fully saturated rings. The van der Waals surface area contributed by atoms with Crippen LogP contribution in [0.2, 0.25) is 0 Å². The van der Waals surface area contributed by atoms with Crippen LogP contribution in [0.5, 0.6) is 0 Å². The van der Waals surface area contributed by atoms with E-state index in [1.807, 2.05) is 13.0 Å². The van der Waals surface area contributed by atoms with Crippen molar-refractivity contribution in [3.8, 4) is 0 Å². The van der Waals surface area contributed by atoms with Crippen LogP contribution < -0.4 is 5.73 Å². The standard InChI is InChI=1S/C7H11NS/c1-4-9-7(3)5-6(2)8/h4-5H,1-2,8H2,3H3/b7-5-. The molecular weight excluding hydrogens is 130 g/mol. The van der Waals surface area contributed by atoms with Crippen molar-refractivity contribution in [3.05, 3.63) is 35.2 Å². The Morgan fingerprint density at radius 2 is 2.22 bits per heavy atom. The van der Waals surface area contributed by atoms with Gasteiger partial charge in [-0.2, -0.15) is 0 Å². The van der Waals surface area contributed by atoms with E-state index in [9.17, 15) is 0 Å². The summed E-state index contributed by atoms with van der Waals surface area (Å²) in [4.78, 5) is 1.11. The molecule has 0 aliphatic rings. The summed E-state index contributed by atoms with van der Waals surface area (Å²) >= 11 is 1.54. The Balaban J connectivity index is 3.83. The van der Waals surface area contributed by atoms with E-state index < -0.39 is 0 Å². The van der Waals surface area contributed by atoms with Gasteiger partial charge in [0.2, 0.25) is 0 Å². The van der Waals surface area contributed by atoms with Crippen molar-refractivity contribution in [1.29, 1.82) is 0 Å². The van der Waals surface area contributed by atoms with E-state index in [0.29, 0.717) is 5.70 Å². The van der Waals surface area contributed by atoms with Gasteiger partial charge < -0.3 is 5.73 Å². The van der Waals surface area contributed by atoms with E-state index in [4.69, 9.17) is 5.73 Å². The maximum Gasteiger partial charge on any atom is 0.0248 e. The smallest absolute Gasteiger partial charge is 0.0248 e. The molecule has 0 spiro atoms. The minimum Gasteiger partial charge on any atom is -0.399 e. The van der Waals surface area contributed by atoms with Crippen LogP contribution in [0, 0.1) is 0 Å². The molecule has 0 aromatic rings. The van der Waals surface area contributed by atoms with Gasteiger partial charge >= 0.3 is 0 Å². The largest absolute Gasteiger partial charge is 0.399 e. The molecule has 0 unspecified atom stereocenters. The zero-order valence-electron chi connectivity index (χ0n) is 5.55. The van der Waals surface area contributed by atoms with E-state index in [1.54, 1.807) is 17.2 Å². The number of thioether (sulfide) groups is 1. The summed E-state index contributed by atoms with van der Waals surface area (Å²) in [5, 5.41) is 1.76. The molecule has 0 saturated heterocycles. The van der Waals surface area contributed by atoms with Gasteiger partial charge in [0.25, 0.3) is 0 Å². The molecule has 9 heavy (non-hydrogen) atoms. The Hall–Kier alpha value is -0.630. The molecule has 0 atom stereocenters. The summed E-state index contributed by atoms with van der Waals surface area (Å²) in [5.41, 5.74) is 5.89. The summed E-state index contributed by atoms with van der Waals surface area (Å²) in [6.45, 7) is 9.05. The lowest BCUT2D eigenvalue weighted by Gasteiger charge is -1.92. The summed E-state index contributed by atoms with van der Waals surface area (Å²) in [7, 11) is 0. The van der Waals surface area contributed by atoms with Gasteiger partial charge in [-0.05, 0) is 23.3 Å². The van der Waals surface area contributed by atoms with Gasteiger partial charge in [0, 0.05) is 5.70 Å². The maximum atomic E-state index is 5.31. The first kappa shape index (κ1) is 8.37. The Labute approximate surface area is 60.3 Å². The van der Waals surface area contributed by atoms with Gasteiger partial charge in [-0.1, -0.05) is 13.2 Å². The first-order valence-electron chi connectivity index (χ1n) is 2.57. The van der Waals surface area contributed by atoms with Crippen molar-refractivity contribution in [2.45, 2.75) is 6.92 Å². The lowest BCUT2D eigenvalue weighted by molar-refractivity contribution is 1.43. The fourth-order valence-electron chi connectivity index (χ4n) is 0.427. The zero-order valence-corrected chi connectivity index (χ0v) is 6.37. The quantitative estimate of drug-likeness (QED) is 0.610. The van der Waals surface area contributed by atoms with Crippen LogP contribution in [-0.2, 0) is 0 Å². The van der Waals surface area contributed by atoms with Gasteiger partial charge in [-0.25, -0.2) is 0 Å². The van der Waals surface area contributed by atoms with Crippen LogP contribution in [0.1, 0.15) is 6.92 Å². The normalized spacial score (nSPS) is 11.0. The van der Waals surface area contributed by atoms with Crippen molar-refractivity contribution < 1.29 is 0 Å². The van der Waals surface area contributed by atoms with Gasteiger partial charge in [-0.15, -0.1) is 11.8 Å². The number of allylic oxidation sites excluding steroid dienone is 2. The molecule has 50 valence electrons. The second-order valence-electron chi connectivity index (χ2n) is 1.61. The fourth-order valence-corrected chi connectivity index (χ4v) is 0.909. The van der Waals surface area contributed by atoms with Crippen LogP contribution in [0.3, 0.4) is 0 Å². The zero-order chi connectivity index (χ0) is 7.28. The minimum absolute atomic E-state index is 0.585.